The van der Waals surface area contributed by atoms with Gasteiger partial charge in [0.2, 0.25) is 11.8 Å². The molecule has 1 N–H and O–H groups in total. The standard InChI is InChI=1S/C21H24N2O2/c1-14(2)15-8-7-9-16(12-15)18-13-23(3)21(25)19(18)20(24)22-17-10-5-4-6-11-17/h4-12,14,18-19H,13H2,1-3H3,(H,22,24). The van der Waals surface area contributed by atoms with E-state index in [-0.39, 0.29) is 17.7 Å². The van der Waals surface area contributed by atoms with Crippen LogP contribution in [0.1, 0.15) is 36.8 Å². The Morgan fingerprint density at radius 1 is 1.12 bits per heavy atom. The van der Waals surface area contributed by atoms with Gasteiger partial charge >= 0.3 is 0 Å². The molecule has 25 heavy (non-hydrogen) atoms. The van der Waals surface area contributed by atoms with Crippen LogP contribution in [0.25, 0.3) is 0 Å². The smallest absolute Gasteiger partial charge is 0.237 e. The largest absolute Gasteiger partial charge is 0.344 e. The van der Waals surface area contributed by atoms with Gasteiger partial charge in [0.05, 0.1) is 0 Å². The molecule has 2 aromatic carbocycles. The van der Waals surface area contributed by atoms with Gasteiger partial charge in [0.25, 0.3) is 0 Å². The number of nitrogens with zero attached hydrogens (tertiary/aromatic N) is 1. The van der Waals surface area contributed by atoms with Crippen molar-refractivity contribution in [1.29, 1.82) is 0 Å². The number of anilines is 1. The zero-order valence-corrected chi connectivity index (χ0v) is 14.9. The third-order valence-electron chi connectivity index (χ3n) is 4.84. The first-order valence-corrected chi connectivity index (χ1v) is 8.68. The van der Waals surface area contributed by atoms with Crippen molar-refractivity contribution >= 4 is 17.5 Å². The maximum atomic E-state index is 12.8. The van der Waals surface area contributed by atoms with Crippen molar-refractivity contribution < 1.29 is 9.59 Å². The number of benzene rings is 2. The lowest BCUT2D eigenvalue weighted by Crippen LogP contribution is -2.32. The molecule has 1 aliphatic heterocycles. The van der Waals surface area contributed by atoms with Crippen molar-refractivity contribution in [1.82, 2.24) is 4.90 Å². The quantitative estimate of drug-likeness (QED) is 0.867. The fraction of sp³-hybridized carbons (Fsp3) is 0.333. The van der Waals surface area contributed by atoms with Crippen LogP contribution in [0.2, 0.25) is 0 Å². The van der Waals surface area contributed by atoms with Gasteiger partial charge in [-0.1, -0.05) is 56.3 Å². The third-order valence-corrected chi connectivity index (χ3v) is 4.84. The van der Waals surface area contributed by atoms with Gasteiger partial charge in [0.1, 0.15) is 5.92 Å². The zero-order valence-electron chi connectivity index (χ0n) is 14.9. The Morgan fingerprint density at radius 3 is 2.52 bits per heavy atom. The van der Waals surface area contributed by atoms with E-state index in [1.165, 1.54) is 5.56 Å². The molecule has 4 nitrogen and oxygen atoms in total. The lowest BCUT2D eigenvalue weighted by atomic mass is 9.86. The molecule has 2 aromatic rings. The molecule has 0 aromatic heterocycles. The van der Waals surface area contributed by atoms with Crippen molar-refractivity contribution in [3.8, 4) is 0 Å². The Kier molecular flexibility index (Phi) is 4.88. The number of hydrogen-bond donors (Lipinski definition) is 1. The number of likely N-dealkylation sites (N-methyl/N-ethyl adjacent to an activating group) is 1. The number of para-hydroxylation sites is 1. The van der Waals surface area contributed by atoms with Crippen molar-refractivity contribution in [2.75, 3.05) is 18.9 Å². The van der Waals surface area contributed by atoms with Gasteiger partial charge in [-0.15, -0.1) is 0 Å². The summed E-state index contributed by atoms with van der Waals surface area (Å²) in [5.74, 6) is -0.757. The summed E-state index contributed by atoms with van der Waals surface area (Å²) in [6, 6.07) is 17.5. The summed E-state index contributed by atoms with van der Waals surface area (Å²) >= 11 is 0. The first-order valence-electron chi connectivity index (χ1n) is 8.68. The third kappa shape index (κ3) is 3.58. The molecule has 0 saturated carbocycles. The van der Waals surface area contributed by atoms with E-state index >= 15 is 0 Å². The summed E-state index contributed by atoms with van der Waals surface area (Å²) in [5.41, 5.74) is 2.99. The minimum atomic E-state index is -0.687. The fourth-order valence-electron chi connectivity index (χ4n) is 3.38. The average molecular weight is 336 g/mol. The molecule has 4 heteroatoms. The van der Waals surface area contributed by atoms with E-state index in [1.807, 2.05) is 42.5 Å². The first-order chi connectivity index (χ1) is 12.0. The Bertz CT molecular complexity index is 770. The van der Waals surface area contributed by atoms with Crippen LogP contribution < -0.4 is 5.32 Å². The number of amides is 2. The van der Waals surface area contributed by atoms with Crippen LogP contribution in [0.15, 0.2) is 54.6 Å². The highest BCUT2D eigenvalue weighted by Crippen LogP contribution is 2.35. The predicted molar refractivity (Wildman–Crippen MR) is 99.5 cm³/mol. The fourth-order valence-corrected chi connectivity index (χ4v) is 3.38. The topological polar surface area (TPSA) is 49.4 Å². The highest BCUT2D eigenvalue weighted by molar-refractivity contribution is 6.08. The summed E-state index contributed by atoms with van der Waals surface area (Å²) in [4.78, 5) is 27.1. The number of carbonyl (C=O) groups is 2. The molecular weight excluding hydrogens is 312 g/mol. The van der Waals surface area contributed by atoms with E-state index in [1.54, 1.807) is 11.9 Å². The summed E-state index contributed by atoms with van der Waals surface area (Å²) in [6.45, 7) is 4.85. The average Bonchev–Trinajstić information content (AvgIpc) is 2.91. The molecule has 130 valence electrons. The second-order valence-electron chi connectivity index (χ2n) is 6.98. The van der Waals surface area contributed by atoms with Gasteiger partial charge in [-0.25, -0.2) is 0 Å². The van der Waals surface area contributed by atoms with Crippen LogP contribution in [0.3, 0.4) is 0 Å². The predicted octanol–water partition coefficient (Wildman–Crippen LogP) is 3.62. The monoisotopic (exact) mass is 336 g/mol. The molecule has 3 rings (SSSR count). The highest BCUT2D eigenvalue weighted by Gasteiger charge is 2.44. The molecule has 0 spiro atoms. The van der Waals surface area contributed by atoms with E-state index in [4.69, 9.17) is 0 Å². The number of hydrogen-bond acceptors (Lipinski definition) is 2. The van der Waals surface area contributed by atoms with E-state index in [0.29, 0.717) is 18.2 Å². The SMILES string of the molecule is CC(C)c1cccc(C2CN(C)C(=O)C2C(=O)Nc2ccccc2)c1. The second-order valence-corrected chi connectivity index (χ2v) is 6.98. The van der Waals surface area contributed by atoms with Crippen LogP contribution in [-0.2, 0) is 9.59 Å². The van der Waals surface area contributed by atoms with Crippen molar-refractivity contribution in [2.45, 2.75) is 25.7 Å². The molecular formula is C21H24N2O2. The molecule has 2 atom stereocenters. The normalized spacial score (nSPS) is 20.2. The molecule has 2 unspecified atom stereocenters. The summed E-state index contributed by atoms with van der Waals surface area (Å²) < 4.78 is 0. The maximum Gasteiger partial charge on any atom is 0.237 e. The minimum absolute atomic E-state index is 0.117. The van der Waals surface area contributed by atoms with Gasteiger partial charge in [0, 0.05) is 25.2 Å². The summed E-state index contributed by atoms with van der Waals surface area (Å²) in [6.07, 6.45) is 0. The van der Waals surface area contributed by atoms with Crippen LogP contribution in [-0.4, -0.2) is 30.3 Å². The van der Waals surface area contributed by atoms with Gasteiger partial charge in [0.15, 0.2) is 0 Å². The van der Waals surface area contributed by atoms with Crippen LogP contribution in [0.5, 0.6) is 0 Å². The number of rotatable bonds is 4. The van der Waals surface area contributed by atoms with Gasteiger partial charge in [-0.3, -0.25) is 9.59 Å². The Morgan fingerprint density at radius 2 is 1.84 bits per heavy atom. The number of likely N-dealkylation sites (tertiary alicyclic amines) is 1. The Hall–Kier alpha value is -2.62. The van der Waals surface area contributed by atoms with E-state index < -0.39 is 5.92 Å². The lowest BCUT2D eigenvalue weighted by molar-refractivity contribution is -0.135. The highest BCUT2D eigenvalue weighted by atomic mass is 16.2. The molecule has 0 radical (unpaired) electrons. The number of carbonyl (C=O) groups excluding carboxylic acids is 2. The van der Waals surface area contributed by atoms with Crippen molar-refractivity contribution in [2.24, 2.45) is 5.92 Å². The van der Waals surface area contributed by atoms with Crippen LogP contribution in [0.4, 0.5) is 5.69 Å². The van der Waals surface area contributed by atoms with Gasteiger partial charge in [-0.2, -0.15) is 0 Å². The molecule has 1 saturated heterocycles. The lowest BCUT2D eigenvalue weighted by Gasteiger charge is -2.18. The van der Waals surface area contributed by atoms with E-state index in [0.717, 1.165) is 5.56 Å². The molecule has 0 aliphatic carbocycles. The van der Waals surface area contributed by atoms with E-state index in [9.17, 15) is 9.59 Å². The Labute approximate surface area is 148 Å². The summed E-state index contributed by atoms with van der Waals surface area (Å²) in [7, 11) is 1.76. The Balaban J connectivity index is 1.88. The molecule has 2 amide bonds. The van der Waals surface area contributed by atoms with Crippen molar-refractivity contribution in [3.63, 3.8) is 0 Å². The molecule has 1 aliphatic rings. The summed E-state index contributed by atoms with van der Waals surface area (Å²) in [5, 5.41) is 2.89. The van der Waals surface area contributed by atoms with E-state index in [2.05, 4.69) is 31.3 Å². The zero-order chi connectivity index (χ0) is 18.0. The second kappa shape index (κ2) is 7.09. The van der Waals surface area contributed by atoms with Gasteiger partial charge in [-0.05, 0) is 29.2 Å². The first kappa shape index (κ1) is 17.2. The van der Waals surface area contributed by atoms with Crippen LogP contribution in [0, 0.1) is 5.92 Å². The maximum absolute atomic E-state index is 12.8. The van der Waals surface area contributed by atoms with Crippen LogP contribution >= 0.6 is 0 Å². The minimum Gasteiger partial charge on any atom is -0.344 e. The molecule has 1 heterocycles. The number of nitrogens with one attached hydrogen (secondary N) is 1. The van der Waals surface area contributed by atoms with Crippen molar-refractivity contribution in [3.05, 3.63) is 65.7 Å². The molecule has 0 bridgehead atoms. The molecule has 1 fully saturated rings. The van der Waals surface area contributed by atoms with Gasteiger partial charge < -0.3 is 10.2 Å².